The van der Waals surface area contributed by atoms with E-state index in [1.54, 1.807) is 0 Å². The lowest BCUT2D eigenvalue weighted by atomic mass is 9.72. The van der Waals surface area contributed by atoms with Crippen molar-refractivity contribution in [3.63, 3.8) is 0 Å². The van der Waals surface area contributed by atoms with E-state index in [0.29, 0.717) is 5.92 Å². The van der Waals surface area contributed by atoms with Crippen molar-refractivity contribution in [2.75, 3.05) is 26.7 Å². The predicted molar refractivity (Wildman–Crippen MR) is 88.9 cm³/mol. The van der Waals surface area contributed by atoms with E-state index in [2.05, 4.69) is 24.5 Å². The molecule has 1 aromatic carbocycles. The van der Waals surface area contributed by atoms with Gasteiger partial charge >= 0.3 is 6.09 Å². The second kappa shape index (κ2) is 6.83. The Morgan fingerprint density at radius 3 is 2.42 bits per heavy atom. The van der Waals surface area contributed by atoms with Crippen LogP contribution >= 0.6 is 0 Å². The molecule has 0 aromatic heterocycles. The number of hydrogen-bond acceptors (Lipinski definition) is 2. The minimum atomic E-state index is -0.223. The molecule has 3 aliphatic heterocycles. The first-order chi connectivity index (χ1) is 11.1. The van der Waals surface area contributed by atoms with Crippen molar-refractivity contribution in [1.29, 1.82) is 0 Å². The zero-order chi connectivity index (χ0) is 15.9. The molecule has 0 radical (unpaired) electrons. The molecule has 1 N–H and O–H groups in total. The molecule has 3 saturated heterocycles. The lowest BCUT2D eigenvalue weighted by Gasteiger charge is -2.50. The summed E-state index contributed by atoms with van der Waals surface area (Å²) < 4.78 is 6.95. The highest BCUT2D eigenvalue weighted by Gasteiger charge is 2.46. The maximum absolute atomic E-state index is 12.5. The first kappa shape index (κ1) is 18.0. The van der Waals surface area contributed by atoms with Crippen LogP contribution in [-0.4, -0.2) is 43.4 Å². The molecule has 4 nitrogen and oxygen atoms in total. The number of alkyl carbamates (subject to hydrolysis) is 1. The third-order valence-electron chi connectivity index (χ3n) is 6.36. The highest BCUT2D eigenvalue weighted by Crippen LogP contribution is 2.41. The van der Waals surface area contributed by atoms with E-state index in [0.717, 1.165) is 30.3 Å². The van der Waals surface area contributed by atoms with Gasteiger partial charge in [0.05, 0.1) is 25.7 Å². The summed E-state index contributed by atoms with van der Waals surface area (Å²) >= 11 is 0. The number of piperidine rings is 3. The van der Waals surface area contributed by atoms with Gasteiger partial charge in [-0.2, -0.15) is 0 Å². The molecule has 1 amide bonds. The smallest absolute Gasteiger partial charge is 0.408 e. The molecule has 24 heavy (non-hydrogen) atoms. The van der Waals surface area contributed by atoms with Crippen LogP contribution in [0.5, 0.6) is 0 Å². The Morgan fingerprint density at radius 1 is 1.21 bits per heavy atom. The van der Waals surface area contributed by atoms with Crippen LogP contribution < -0.4 is 29.3 Å². The molecule has 1 unspecified atom stereocenters. The molecule has 1 aromatic rings. The highest BCUT2D eigenvalue weighted by molar-refractivity contribution is 5.69. The fourth-order valence-electron chi connectivity index (χ4n) is 4.62. The summed E-state index contributed by atoms with van der Waals surface area (Å²) in [6.45, 7) is 3.45. The average molecular weight is 442 g/mol. The topological polar surface area (TPSA) is 38.3 Å². The molecule has 3 heterocycles. The van der Waals surface area contributed by atoms with Crippen LogP contribution in [-0.2, 0) is 10.3 Å². The summed E-state index contributed by atoms with van der Waals surface area (Å²) in [6.07, 6.45) is 5.43. The number of nitrogens with one attached hydrogen (secondary N) is 1. The number of halogens is 1. The Bertz CT molecular complexity index is 580. The Labute approximate surface area is 161 Å². The van der Waals surface area contributed by atoms with Gasteiger partial charge in [0.15, 0.2) is 6.10 Å². The quantitative estimate of drug-likeness (QED) is 0.531. The first-order valence-corrected chi connectivity index (χ1v) is 8.97. The summed E-state index contributed by atoms with van der Waals surface area (Å²) in [5.41, 5.74) is 1.00. The van der Waals surface area contributed by atoms with Gasteiger partial charge in [-0.1, -0.05) is 30.3 Å². The molecule has 132 valence electrons. The van der Waals surface area contributed by atoms with Crippen LogP contribution in [0.1, 0.15) is 37.7 Å². The van der Waals surface area contributed by atoms with Gasteiger partial charge in [-0.25, -0.2) is 4.79 Å². The molecule has 2 bridgehead atoms. The van der Waals surface area contributed by atoms with Crippen molar-refractivity contribution in [3.8, 4) is 0 Å². The molecule has 5 rings (SSSR count). The van der Waals surface area contributed by atoms with Crippen molar-refractivity contribution in [2.45, 2.75) is 43.7 Å². The van der Waals surface area contributed by atoms with E-state index < -0.39 is 0 Å². The van der Waals surface area contributed by atoms with Crippen LogP contribution in [0.2, 0.25) is 0 Å². The lowest BCUT2D eigenvalue weighted by molar-refractivity contribution is -0.928. The second-order valence-electron chi connectivity index (χ2n) is 7.96. The third kappa shape index (κ3) is 3.29. The average Bonchev–Trinajstić information content (AvgIpc) is 2.52. The number of ether oxygens (including phenoxy) is 1. The minimum Gasteiger partial charge on any atom is -1.00 e. The number of hydrogen-bond donors (Lipinski definition) is 1. The maximum Gasteiger partial charge on any atom is 0.408 e. The molecule has 1 atom stereocenters. The van der Waals surface area contributed by atoms with Crippen molar-refractivity contribution < 1.29 is 38.0 Å². The molecule has 4 fully saturated rings. The minimum absolute atomic E-state index is 0. The number of benzene rings is 1. The van der Waals surface area contributed by atoms with Crippen molar-refractivity contribution in [3.05, 3.63) is 35.9 Å². The summed E-state index contributed by atoms with van der Waals surface area (Å²) in [4.78, 5) is 12.5. The molecular weight excluding hydrogens is 415 g/mol. The van der Waals surface area contributed by atoms with Crippen molar-refractivity contribution >= 4 is 6.09 Å². The largest absolute Gasteiger partial charge is 1.00 e. The van der Waals surface area contributed by atoms with Gasteiger partial charge in [-0.3, -0.25) is 0 Å². The molecule has 0 spiro atoms. The fourth-order valence-corrected chi connectivity index (χ4v) is 4.62. The normalized spacial score (nSPS) is 33.0. The van der Waals surface area contributed by atoms with Gasteiger partial charge in [-0.05, 0) is 24.8 Å². The second-order valence-corrected chi connectivity index (χ2v) is 7.96. The Balaban J connectivity index is 0.00000169. The van der Waals surface area contributed by atoms with Gasteiger partial charge in [0, 0.05) is 18.8 Å². The number of nitrogens with zero attached hydrogens (tertiary/aromatic N) is 1. The summed E-state index contributed by atoms with van der Waals surface area (Å²) in [6, 6.07) is 10.3. The summed E-state index contributed by atoms with van der Waals surface area (Å²) in [7, 11) is 2.29. The number of likely N-dealkylation sites (N-methyl/N-ethyl adjacent to an activating group) is 1. The van der Waals surface area contributed by atoms with Gasteiger partial charge in [0.25, 0.3) is 0 Å². The number of rotatable bonds is 3. The number of fused-ring (bicyclic) bond motifs is 3. The number of carbonyl (C=O) groups is 1. The van der Waals surface area contributed by atoms with Gasteiger partial charge in [0.2, 0.25) is 0 Å². The van der Waals surface area contributed by atoms with Gasteiger partial charge in [-0.15, -0.1) is 0 Å². The lowest BCUT2D eigenvalue weighted by Crippen LogP contribution is -3.00. The Kier molecular flexibility index (Phi) is 5.12. The standard InChI is InChI=1S/C19H26N2O2.HI/c1-21-12-8-15(9-13-21)17(14-21)23-18(22)20-19(10-5-11-19)16-6-3-2-4-7-16;/h2-4,6-7,15,17H,5,8-14H2,1H3;1H. The number of quaternary nitrogens is 1. The van der Waals surface area contributed by atoms with E-state index in [1.165, 1.54) is 31.5 Å². The number of amides is 1. The van der Waals surface area contributed by atoms with E-state index in [9.17, 15) is 4.79 Å². The SMILES string of the molecule is C[N+]12CCC(CC1)C(OC(=O)NC1(c3ccccc3)CCC1)C2.[I-]. The predicted octanol–water partition coefficient (Wildman–Crippen LogP) is 0.0348. The summed E-state index contributed by atoms with van der Waals surface area (Å²) in [5, 5.41) is 3.20. The van der Waals surface area contributed by atoms with Crippen molar-refractivity contribution in [2.24, 2.45) is 5.92 Å². The third-order valence-corrected chi connectivity index (χ3v) is 6.36. The zero-order valence-corrected chi connectivity index (χ0v) is 16.5. The Hall–Kier alpha value is -0.820. The van der Waals surface area contributed by atoms with Gasteiger partial charge in [0.1, 0.15) is 6.54 Å². The molecule has 5 heteroatoms. The maximum atomic E-state index is 12.5. The highest BCUT2D eigenvalue weighted by atomic mass is 127. The van der Waals surface area contributed by atoms with E-state index in [-0.39, 0.29) is 41.7 Å². The van der Waals surface area contributed by atoms with E-state index in [1.807, 2.05) is 18.2 Å². The Morgan fingerprint density at radius 2 is 1.88 bits per heavy atom. The van der Waals surface area contributed by atoms with Crippen LogP contribution in [0, 0.1) is 5.92 Å². The molecule has 4 aliphatic rings. The first-order valence-electron chi connectivity index (χ1n) is 8.97. The molecular formula is C19H27IN2O2. The van der Waals surface area contributed by atoms with Crippen molar-refractivity contribution in [1.82, 2.24) is 5.32 Å². The fraction of sp³-hybridized carbons (Fsp3) is 0.632. The molecule has 1 aliphatic carbocycles. The zero-order valence-electron chi connectivity index (χ0n) is 14.3. The number of carbonyl (C=O) groups excluding carboxylic acids is 1. The van der Waals surface area contributed by atoms with Crippen LogP contribution in [0.4, 0.5) is 4.79 Å². The summed E-state index contributed by atoms with van der Waals surface area (Å²) in [5.74, 6) is 0.565. The monoisotopic (exact) mass is 442 g/mol. The van der Waals surface area contributed by atoms with E-state index >= 15 is 0 Å². The molecule has 1 saturated carbocycles. The van der Waals surface area contributed by atoms with Crippen LogP contribution in [0.25, 0.3) is 0 Å². The van der Waals surface area contributed by atoms with Gasteiger partial charge < -0.3 is 38.5 Å². The van der Waals surface area contributed by atoms with E-state index in [4.69, 9.17) is 4.74 Å². The van der Waals surface area contributed by atoms with Crippen LogP contribution in [0.15, 0.2) is 30.3 Å². The van der Waals surface area contributed by atoms with Crippen LogP contribution in [0.3, 0.4) is 0 Å².